The van der Waals surface area contributed by atoms with Gasteiger partial charge >= 0.3 is 0 Å². The summed E-state index contributed by atoms with van der Waals surface area (Å²) in [5, 5.41) is 11.9. The van der Waals surface area contributed by atoms with Crippen molar-refractivity contribution in [1.29, 1.82) is 0 Å². The van der Waals surface area contributed by atoms with Crippen LogP contribution in [0.5, 0.6) is 0 Å². The SMILES string of the molecule is CSC(CO)C(C)NC(=O)c1ccoc1Cl. The molecule has 2 N–H and O–H groups in total. The minimum Gasteiger partial charge on any atom is -0.452 e. The maximum Gasteiger partial charge on any atom is 0.256 e. The summed E-state index contributed by atoms with van der Waals surface area (Å²) >= 11 is 7.18. The number of aliphatic hydroxyl groups excluding tert-OH is 1. The minimum atomic E-state index is -0.293. The second kappa shape index (κ2) is 6.18. The Balaban J connectivity index is 2.61. The molecule has 6 heteroatoms. The summed E-state index contributed by atoms with van der Waals surface area (Å²) in [5.74, 6) is -0.293. The van der Waals surface area contributed by atoms with Crippen molar-refractivity contribution in [2.45, 2.75) is 18.2 Å². The molecular weight excluding hydrogens is 250 g/mol. The Morgan fingerprint density at radius 2 is 2.44 bits per heavy atom. The topological polar surface area (TPSA) is 62.5 Å². The van der Waals surface area contributed by atoms with E-state index in [-0.39, 0.29) is 29.0 Å². The molecule has 0 aliphatic carbocycles. The molecule has 0 saturated carbocycles. The van der Waals surface area contributed by atoms with Crippen LogP contribution in [0.25, 0.3) is 0 Å². The molecule has 2 atom stereocenters. The van der Waals surface area contributed by atoms with Gasteiger partial charge in [0.15, 0.2) is 0 Å². The Bertz CT molecular complexity index is 352. The first-order valence-electron chi connectivity index (χ1n) is 4.77. The van der Waals surface area contributed by atoms with Crippen molar-refractivity contribution >= 4 is 29.3 Å². The molecule has 1 rings (SSSR count). The Morgan fingerprint density at radius 3 is 2.88 bits per heavy atom. The van der Waals surface area contributed by atoms with Crippen LogP contribution in [-0.4, -0.2) is 35.2 Å². The highest BCUT2D eigenvalue weighted by Gasteiger charge is 2.20. The summed E-state index contributed by atoms with van der Waals surface area (Å²) in [6.45, 7) is 1.85. The number of carbonyl (C=O) groups excluding carboxylic acids is 1. The molecule has 0 spiro atoms. The van der Waals surface area contributed by atoms with E-state index in [1.165, 1.54) is 24.1 Å². The highest BCUT2D eigenvalue weighted by Crippen LogP contribution is 2.17. The number of hydrogen-bond acceptors (Lipinski definition) is 4. The summed E-state index contributed by atoms with van der Waals surface area (Å²) in [7, 11) is 0. The van der Waals surface area contributed by atoms with Crippen LogP contribution in [0.15, 0.2) is 16.7 Å². The van der Waals surface area contributed by atoms with Gasteiger partial charge in [-0.15, -0.1) is 0 Å². The molecular formula is C10H14ClNO3S. The van der Waals surface area contributed by atoms with Crippen molar-refractivity contribution in [2.24, 2.45) is 0 Å². The summed E-state index contributed by atoms with van der Waals surface area (Å²) in [4.78, 5) is 11.7. The fraction of sp³-hybridized carbons (Fsp3) is 0.500. The van der Waals surface area contributed by atoms with Crippen molar-refractivity contribution in [3.8, 4) is 0 Å². The van der Waals surface area contributed by atoms with Gasteiger partial charge in [0, 0.05) is 11.3 Å². The molecule has 1 amide bonds. The molecule has 1 heterocycles. The number of carbonyl (C=O) groups is 1. The number of thioether (sulfide) groups is 1. The summed E-state index contributed by atoms with van der Waals surface area (Å²) in [6, 6.07) is 1.37. The maximum absolute atomic E-state index is 11.7. The Labute approximate surface area is 103 Å². The van der Waals surface area contributed by atoms with Crippen LogP contribution in [0, 0.1) is 0 Å². The molecule has 4 nitrogen and oxygen atoms in total. The first kappa shape index (κ1) is 13.4. The molecule has 0 bridgehead atoms. The normalized spacial score (nSPS) is 14.5. The fourth-order valence-electron chi connectivity index (χ4n) is 1.27. The molecule has 0 fully saturated rings. The molecule has 16 heavy (non-hydrogen) atoms. The Morgan fingerprint density at radius 1 is 1.75 bits per heavy atom. The van der Waals surface area contributed by atoms with Gasteiger partial charge in [0.05, 0.1) is 18.4 Å². The number of furan rings is 1. The van der Waals surface area contributed by atoms with Crippen molar-refractivity contribution in [1.82, 2.24) is 5.32 Å². The van der Waals surface area contributed by atoms with E-state index < -0.39 is 0 Å². The summed E-state index contributed by atoms with van der Waals surface area (Å²) in [5.41, 5.74) is 0.311. The standard InChI is InChI=1S/C10H14ClNO3S/c1-6(8(5-13)16-2)12-10(14)7-3-4-15-9(7)11/h3-4,6,8,13H,5H2,1-2H3,(H,12,14). The average Bonchev–Trinajstić information content (AvgIpc) is 2.66. The molecule has 1 aromatic rings. The van der Waals surface area contributed by atoms with Crippen LogP contribution >= 0.6 is 23.4 Å². The van der Waals surface area contributed by atoms with Crippen molar-refractivity contribution in [2.75, 3.05) is 12.9 Å². The quantitative estimate of drug-likeness (QED) is 0.850. The van der Waals surface area contributed by atoms with Gasteiger partial charge in [0.1, 0.15) is 0 Å². The maximum atomic E-state index is 11.7. The fourth-order valence-corrected chi connectivity index (χ4v) is 2.10. The Kier molecular flexibility index (Phi) is 5.18. The van der Waals surface area contributed by atoms with Gasteiger partial charge < -0.3 is 14.8 Å². The summed E-state index contributed by atoms with van der Waals surface area (Å²) in [6.07, 6.45) is 3.24. The lowest BCUT2D eigenvalue weighted by molar-refractivity contribution is 0.0935. The van der Waals surface area contributed by atoms with E-state index in [0.717, 1.165) is 0 Å². The van der Waals surface area contributed by atoms with Gasteiger partial charge in [0.2, 0.25) is 5.22 Å². The Hall–Kier alpha value is -0.650. The molecule has 0 saturated heterocycles. The van der Waals surface area contributed by atoms with Crippen LogP contribution in [-0.2, 0) is 0 Å². The van der Waals surface area contributed by atoms with E-state index in [9.17, 15) is 4.79 Å². The molecule has 0 aliphatic heterocycles. The first-order valence-corrected chi connectivity index (χ1v) is 6.44. The van der Waals surface area contributed by atoms with E-state index in [1.807, 2.05) is 13.2 Å². The van der Waals surface area contributed by atoms with Gasteiger partial charge in [0.25, 0.3) is 5.91 Å². The second-order valence-electron chi connectivity index (χ2n) is 3.33. The highest BCUT2D eigenvalue weighted by atomic mass is 35.5. The smallest absolute Gasteiger partial charge is 0.256 e. The second-order valence-corrected chi connectivity index (χ2v) is 4.75. The number of nitrogens with one attached hydrogen (secondary N) is 1. The monoisotopic (exact) mass is 263 g/mol. The minimum absolute atomic E-state index is 0.0156. The zero-order valence-electron chi connectivity index (χ0n) is 9.07. The lowest BCUT2D eigenvalue weighted by Crippen LogP contribution is -2.41. The number of hydrogen-bond donors (Lipinski definition) is 2. The largest absolute Gasteiger partial charge is 0.452 e. The summed E-state index contributed by atoms with van der Waals surface area (Å²) < 4.78 is 4.83. The van der Waals surface area contributed by atoms with Gasteiger partial charge in [-0.2, -0.15) is 11.8 Å². The van der Waals surface area contributed by atoms with E-state index in [4.69, 9.17) is 21.1 Å². The van der Waals surface area contributed by atoms with Crippen LogP contribution in [0.1, 0.15) is 17.3 Å². The molecule has 0 aliphatic rings. The average molecular weight is 264 g/mol. The van der Waals surface area contributed by atoms with E-state index in [2.05, 4.69) is 5.32 Å². The molecule has 0 aromatic carbocycles. The number of aliphatic hydroxyl groups is 1. The van der Waals surface area contributed by atoms with Gasteiger partial charge in [-0.1, -0.05) is 0 Å². The van der Waals surface area contributed by atoms with Crippen LogP contribution in [0.2, 0.25) is 5.22 Å². The molecule has 0 radical (unpaired) electrons. The van der Waals surface area contributed by atoms with Crippen LogP contribution in [0.4, 0.5) is 0 Å². The van der Waals surface area contributed by atoms with Crippen LogP contribution in [0.3, 0.4) is 0 Å². The van der Waals surface area contributed by atoms with Crippen molar-refractivity contribution in [3.63, 3.8) is 0 Å². The molecule has 90 valence electrons. The van der Waals surface area contributed by atoms with E-state index in [0.29, 0.717) is 5.56 Å². The lowest BCUT2D eigenvalue weighted by atomic mass is 10.2. The third-order valence-electron chi connectivity index (χ3n) is 2.26. The van der Waals surface area contributed by atoms with E-state index >= 15 is 0 Å². The van der Waals surface area contributed by atoms with Crippen LogP contribution < -0.4 is 5.32 Å². The van der Waals surface area contributed by atoms with E-state index in [1.54, 1.807) is 0 Å². The number of rotatable bonds is 5. The van der Waals surface area contributed by atoms with Gasteiger partial charge in [-0.3, -0.25) is 4.79 Å². The predicted molar refractivity (Wildman–Crippen MR) is 65.0 cm³/mol. The van der Waals surface area contributed by atoms with Gasteiger partial charge in [-0.25, -0.2) is 0 Å². The highest BCUT2D eigenvalue weighted by molar-refractivity contribution is 7.99. The van der Waals surface area contributed by atoms with Crippen molar-refractivity contribution in [3.05, 3.63) is 23.1 Å². The molecule has 1 aromatic heterocycles. The predicted octanol–water partition coefficient (Wildman–Crippen LogP) is 1.78. The zero-order valence-corrected chi connectivity index (χ0v) is 10.6. The van der Waals surface area contributed by atoms with Gasteiger partial charge in [-0.05, 0) is 30.8 Å². The van der Waals surface area contributed by atoms with Crippen molar-refractivity contribution < 1.29 is 14.3 Å². The number of amides is 1. The first-order chi connectivity index (χ1) is 7.60. The third-order valence-corrected chi connectivity index (χ3v) is 3.72. The zero-order chi connectivity index (χ0) is 12.1. The number of halogens is 1. The third kappa shape index (κ3) is 3.17. The molecule has 2 unspecified atom stereocenters. The lowest BCUT2D eigenvalue weighted by Gasteiger charge is -2.20.